The van der Waals surface area contributed by atoms with E-state index in [1.165, 1.54) is 22.3 Å². The molecule has 23 heavy (non-hydrogen) atoms. The summed E-state index contributed by atoms with van der Waals surface area (Å²) in [5.74, 6) is 0. The normalized spacial score (nSPS) is 12.6. The maximum Gasteiger partial charge on any atom is 0.0707 e. The van der Waals surface area contributed by atoms with Gasteiger partial charge in [0.25, 0.3) is 0 Å². The summed E-state index contributed by atoms with van der Waals surface area (Å²) < 4.78 is 0. The molecule has 0 saturated heterocycles. The molecule has 0 heterocycles. The SMILES string of the molecule is CCCN(Cc1cc(C)ccc1C)C[C@H](O)Cc1ccccc1. The Morgan fingerprint density at radius 1 is 1.04 bits per heavy atom. The molecule has 0 spiro atoms. The standard InChI is InChI=1S/C21H29NO/c1-4-12-22(15-20-13-17(2)10-11-18(20)3)16-21(23)14-19-8-6-5-7-9-19/h5-11,13,21,23H,4,12,14-16H2,1-3H3/t21-/m1/s1. The summed E-state index contributed by atoms with van der Waals surface area (Å²) in [6.07, 6.45) is 1.49. The van der Waals surface area contributed by atoms with Crippen molar-refractivity contribution in [2.24, 2.45) is 0 Å². The van der Waals surface area contributed by atoms with Crippen LogP contribution in [0, 0.1) is 13.8 Å². The van der Waals surface area contributed by atoms with Crippen molar-refractivity contribution < 1.29 is 5.11 Å². The number of hydrogen-bond acceptors (Lipinski definition) is 2. The van der Waals surface area contributed by atoms with Crippen molar-refractivity contribution in [2.45, 2.75) is 46.3 Å². The van der Waals surface area contributed by atoms with E-state index in [0.29, 0.717) is 6.42 Å². The number of hydrogen-bond donors (Lipinski definition) is 1. The van der Waals surface area contributed by atoms with Crippen molar-refractivity contribution in [3.05, 3.63) is 70.8 Å². The van der Waals surface area contributed by atoms with Gasteiger partial charge in [-0.05, 0) is 49.9 Å². The number of rotatable bonds is 8. The van der Waals surface area contributed by atoms with Crippen molar-refractivity contribution >= 4 is 0 Å². The van der Waals surface area contributed by atoms with Crippen LogP contribution in [0.2, 0.25) is 0 Å². The first-order valence-corrected chi connectivity index (χ1v) is 8.59. The molecule has 0 radical (unpaired) electrons. The van der Waals surface area contributed by atoms with Gasteiger partial charge in [-0.25, -0.2) is 0 Å². The summed E-state index contributed by atoms with van der Waals surface area (Å²) in [6.45, 7) is 9.14. The van der Waals surface area contributed by atoms with Gasteiger partial charge in [-0.1, -0.05) is 61.0 Å². The molecule has 2 aromatic rings. The first-order chi connectivity index (χ1) is 11.1. The molecule has 0 bridgehead atoms. The fourth-order valence-corrected chi connectivity index (χ4v) is 3.01. The minimum atomic E-state index is -0.325. The highest BCUT2D eigenvalue weighted by atomic mass is 16.3. The molecule has 0 amide bonds. The average Bonchev–Trinajstić information content (AvgIpc) is 2.52. The lowest BCUT2D eigenvalue weighted by Gasteiger charge is -2.25. The Labute approximate surface area is 140 Å². The van der Waals surface area contributed by atoms with Crippen molar-refractivity contribution in [1.82, 2.24) is 4.90 Å². The summed E-state index contributed by atoms with van der Waals surface area (Å²) in [4.78, 5) is 2.37. The van der Waals surface area contributed by atoms with Gasteiger partial charge in [0.05, 0.1) is 6.10 Å². The molecule has 0 unspecified atom stereocenters. The summed E-state index contributed by atoms with van der Waals surface area (Å²) >= 11 is 0. The quantitative estimate of drug-likeness (QED) is 0.793. The van der Waals surface area contributed by atoms with Crippen LogP contribution in [0.15, 0.2) is 48.5 Å². The highest BCUT2D eigenvalue weighted by Crippen LogP contribution is 2.14. The summed E-state index contributed by atoms with van der Waals surface area (Å²) in [5, 5.41) is 10.5. The summed E-state index contributed by atoms with van der Waals surface area (Å²) in [6, 6.07) is 16.9. The van der Waals surface area contributed by atoms with Crippen molar-refractivity contribution in [3.8, 4) is 0 Å². The number of aliphatic hydroxyl groups excluding tert-OH is 1. The average molecular weight is 311 g/mol. The Bertz CT molecular complexity index is 594. The van der Waals surface area contributed by atoms with Crippen LogP contribution in [0.3, 0.4) is 0 Å². The van der Waals surface area contributed by atoms with Gasteiger partial charge in [0.2, 0.25) is 0 Å². The zero-order chi connectivity index (χ0) is 16.7. The predicted molar refractivity (Wildman–Crippen MR) is 97.6 cm³/mol. The van der Waals surface area contributed by atoms with Crippen LogP contribution >= 0.6 is 0 Å². The van der Waals surface area contributed by atoms with Gasteiger partial charge in [-0.15, -0.1) is 0 Å². The zero-order valence-corrected chi connectivity index (χ0v) is 14.6. The lowest BCUT2D eigenvalue weighted by atomic mass is 10.0. The molecule has 1 atom stereocenters. The number of aliphatic hydroxyl groups is 1. The van der Waals surface area contributed by atoms with Gasteiger partial charge in [-0.2, -0.15) is 0 Å². The third-order valence-corrected chi connectivity index (χ3v) is 4.22. The van der Waals surface area contributed by atoms with Crippen molar-refractivity contribution in [1.29, 1.82) is 0 Å². The first-order valence-electron chi connectivity index (χ1n) is 8.59. The van der Waals surface area contributed by atoms with Crippen molar-refractivity contribution in [2.75, 3.05) is 13.1 Å². The summed E-state index contributed by atoms with van der Waals surface area (Å²) in [5.41, 5.74) is 5.19. The molecular weight excluding hydrogens is 282 g/mol. The second-order valence-electron chi connectivity index (χ2n) is 6.51. The van der Waals surface area contributed by atoms with Crippen LogP contribution < -0.4 is 0 Å². The third kappa shape index (κ3) is 5.81. The predicted octanol–water partition coefficient (Wildman–Crippen LogP) is 4.12. The van der Waals surface area contributed by atoms with Gasteiger partial charge >= 0.3 is 0 Å². The van der Waals surface area contributed by atoms with Crippen LogP contribution in [0.5, 0.6) is 0 Å². The lowest BCUT2D eigenvalue weighted by molar-refractivity contribution is 0.108. The molecule has 2 heteroatoms. The number of benzene rings is 2. The fourth-order valence-electron chi connectivity index (χ4n) is 3.01. The largest absolute Gasteiger partial charge is 0.391 e. The zero-order valence-electron chi connectivity index (χ0n) is 14.6. The highest BCUT2D eigenvalue weighted by molar-refractivity contribution is 5.30. The van der Waals surface area contributed by atoms with E-state index in [1.54, 1.807) is 0 Å². The second kappa shape index (κ2) is 8.85. The van der Waals surface area contributed by atoms with E-state index in [4.69, 9.17) is 0 Å². The first kappa shape index (κ1) is 17.7. The van der Waals surface area contributed by atoms with E-state index in [9.17, 15) is 5.11 Å². The van der Waals surface area contributed by atoms with E-state index in [2.05, 4.69) is 56.0 Å². The second-order valence-corrected chi connectivity index (χ2v) is 6.51. The summed E-state index contributed by atoms with van der Waals surface area (Å²) in [7, 11) is 0. The maximum atomic E-state index is 10.5. The molecule has 2 aromatic carbocycles. The van der Waals surface area contributed by atoms with E-state index in [-0.39, 0.29) is 6.10 Å². The molecule has 2 nitrogen and oxygen atoms in total. The Morgan fingerprint density at radius 3 is 2.48 bits per heavy atom. The van der Waals surface area contributed by atoms with E-state index < -0.39 is 0 Å². The molecule has 2 rings (SSSR count). The van der Waals surface area contributed by atoms with Gasteiger partial charge in [0.15, 0.2) is 0 Å². The van der Waals surface area contributed by atoms with Crippen LogP contribution in [-0.4, -0.2) is 29.2 Å². The Morgan fingerprint density at radius 2 is 1.78 bits per heavy atom. The monoisotopic (exact) mass is 311 g/mol. The molecule has 0 aliphatic heterocycles. The third-order valence-electron chi connectivity index (χ3n) is 4.22. The van der Waals surface area contributed by atoms with E-state index >= 15 is 0 Å². The Hall–Kier alpha value is -1.64. The van der Waals surface area contributed by atoms with Gasteiger partial charge in [0.1, 0.15) is 0 Å². The minimum absolute atomic E-state index is 0.325. The highest BCUT2D eigenvalue weighted by Gasteiger charge is 2.13. The molecule has 0 aliphatic carbocycles. The molecule has 0 fully saturated rings. The van der Waals surface area contributed by atoms with E-state index in [1.807, 2.05) is 18.2 Å². The van der Waals surface area contributed by atoms with Gasteiger partial charge < -0.3 is 5.11 Å². The Kier molecular flexibility index (Phi) is 6.82. The minimum Gasteiger partial charge on any atom is -0.391 e. The van der Waals surface area contributed by atoms with Crippen molar-refractivity contribution in [3.63, 3.8) is 0 Å². The van der Waals surface area contributed by atoms with Gasteiger partial charge in [-0.3, -0.25) is 4.90 Å². The fraction of sp³-hybridized carbons (Fsp3) is 0.429. The van der Waals surface area contributed by atoms with Crippen LogP contribution in [0.4, 0.5) is 0 Å². The number of nitrogens with zero attached hydrogens (tertiary/aromatic N) is 1. The Balaban J connectivity index is 1.99. The van der Waals surface area contributed by atoms with Crippen LogP contribution in [0.1, 0.15) is 35.6 Å². The molecule has 0 aromatic heterocycles. The molecule has 1 N–H and O–H groups in total. The lowest BCUT2D eigenvalue weighted by Crippen LogP contribution is -2.34. The molecule has 0 saturated carbocycles. The van der Waals surface area contributed by atoms with Gasteiger partial charge in [0, 0.05) is 13.1 Å². The van der Waals surface area contributed by atoms with Crippen LogP contribution in [-0.2, 0) is 13.0 Å². The van der Waals surface area contributed by atoms with E-state index in [0.717, 1.165) is 26.1 Å². The molecule has 124 valence electrons. The topological polar surface area (TPSA) is 23.5 Å². The van der Waals surface area contributed by atoms with Crippen LogP contribution in [0.25, 0.3) is 0 Å². The molecule has 0 aliphatic rings. The molecular formula is C21H29NO. The maximum absolute atomic E-state index is 10.5. The number of aryl methyl sites for hydroxylation is 2. The smallest absolute Gasteiger partial charge is 0.0707 e.